The summed E-state index contributed by atoms with van der Waals surface area (Å²) >= 11 is 0. The molecule has 0 bridgehead atoms. The van der Waals surface area contributed by atoms with Gasteiger partial charge in [-0.3, -0.25) is 0 Å². The van der Waals surface area contributed by atoms with Crippen LogP contribution in [0.4, 0.5) is 0 Å². The average Bonchev–Trinajstić information content (AvgIpc) is 2.38. The highest BCUT2D eigenvalue weighted by molar-refractivity contribution is 5.36. The van der Waals surface area contributed by atoms with E-state index in [0.717, 1.165) is 18.7 Å². The number of hydrogen-bond donors (Lipinski definition) is 1. The highest BCUT2D eigenvalue weighted by atomic mass is 16.5. The first-order valence-electron chi connectivity index (χ1n) is 6.88. The van der Waals surface area contributed by atoms with E-state index < -0.39 is 0 Å². The van der Waals surface area contributed by atoms with Crippen molar-refractivity contribution in [1.82, 2.24) is 5.32 Å². The van der Waals surface area contributed by atoms with E-state index in [1.807, 2.05) is 6.07 Å². The Morgan fingerprint density at radius 2 is 2.05 bits per heavy atom. The lowest BCUT2D eigenvalue weighted by atomic mass is 9.64. The van der Waals surface area contributed by atoms with Crippen LogP contribution in [0.5, 0.6) is 5.75 Å². The van der Waals surface area contributed by atoms with Crippen molar-refractivity contribution in [2.24, 2.45) is 5.41 Å². The number of hydrogen-bond acceptors (Lipinski definition) is 3. The maximum Gasteiger partial charge on any atom is 0.121 e. The molecule has 0 aromatic heterocycles. The van der Waals surface area contributed by atoms with Crippen molar-refractivity contribution in [2.75, 3.05) is 14.2 Å². The smallest absolute Gasteiger partial charge is 0.121 e. The second-order valence-corrected chi connectivity index (χ2v) is 6.02. The van der Waals surface area contributed by atoms with E-state index in [2.05, 4.69) is 38.2 Å². The Morgan fingerprint density at radius 3 is 2.58 bits per heavy atom. The molecule has 3 heteroatoms. The molecule has 1 N–H and O–H groups in total. The molecule has 0 saturated heterocycles. The predicted molar refractivity (Wildman–Crippen MR) is 77.6 cm³/mol. The Hall–Kier alpha value is -1.06. The fourth-order valence-corrected chi connectivity index (χ4v) is 2.92. The second kappa shape index (κ2) is 5.51. The minimum Gasteiger partial charge on any atom is -0.496 e. The molecule has 0 spiro atoms. The molecule has 106 valence electrons. The zero-order valence-corrected chi connectivity index (χ0v) is 12.6. The summed E-state index contributed by atoms with van der Waals surface area (Å²) in [6.45, 7) is 7.51. The molecule has 0 heterocycles. The topological polar surface area (TPSA) is 30.5 Å². The normalized spacial score (nSPS) is 24.9. The van der Waals surface area contributed by atoms with Crippen LogP contribution < -0.4 is 10.1 Å². The summed E-state index contributed by atoms with van der Waals surface area (Å²) in [5.41, 5.74) is 2.70. The molecule has 3 nitrogen and oxygen atoms in total. The standard InChI is InChI=1S/C16H25NO2/c1-11-8-12(6-7-13(11)18-4)10-17-14-9-15(19-5)16(14,2)3/h6-8,14-15,17H,9-10H2,1-5H3. The highest BCUT2D eigenvalue weighted by Gasteiger charge is 2.48. The third kappa shape index (κ3) is 2.77. The third-order valence-corrected chi connectivity index (χ3v) is 4.47. The average molecular weight is 263 g/mol. The van der Waals surface area contributed by atoms with Gasteiger partial charge in [0.25, 0.3) is 0 Å². The summed E-state index contributed by atoms with van der Waals surface area (Å²) in [7, 11) is 3.51. The van der Waals surface area contributed by atoms with Crippen molar-refractivity contribution in [3.8, 4) is 5.75 Å². The van der Waals surface area contributed by atoms with Crippen LogP contribution in [-0.4, -0.2) is 26.4 Å². The molecule has 19 heavy (non-hydrogen) atoms. The maximum absolute atomic E-state index is 5.48. The zero-order valence-electron chi connectivity index (χ0n) is 12.6. The van der Waals surface area contributed by atoms with Gasteiger partial charge in [-0.1, -0.05) is 26.0 Å². The summed E-state index contributed by atoms with van der Waals surface area (Å²) in [5.74, 6) is 0.951. The van der Waals surface area contributed by atoms with Gasteiger partial charge in [0, 0.05) is 25.1 Å². The molecule has 1 aromatic rings. The molecule has 2 rings (SSSR count). The van der Waals surface area contributed by atoms with E-state index in [1.165, 1.54) is 11.1 Å². The molecule has 1 aromatic carbocycles. The zero-order chi connectivity index (χ0) is 14.0. The fraction of sp³-hybridized carbons (Fsp3) is 0.625. The highest BCUT2D eigenvalue weighted by Crippen LogP contribution is 2.42. The summed E-state index contributed by atoms with van der Waals surface area (Å²) in [6, 6.07) is 6.87. The van der Waals surface area contributed by atoms with Crippen molar-refractivity contribution in [2.45, 2.75) is 45.9 Å². The van der Waals surface area contributed by atoms with E-state index in [9.17, 15) is 0 Å². The minimum atomic E-state index is 0.219. The molecule has 1 aliphatic carbocycles. The molecule has 2 atom stereocenters. The monoisotopic (exact) mass is 263 g/mol. The molecule has 0 aliphatic heterocycles. The molecule has 1 fully saturated rings. The van der Waals surface area contributed by atoms with Gasteiger partial charge in [0.15, 0.2) is 0 Å². The van der Waals surface area contributed by atoms with Crippen LogP contribution in [0.2, 0.25) is 0 Å². The number of benzene rings is 1. The van der Waals surface area contributed by atoms with Gasteiger partial charge in [-0.2, -0.15) is 0 Å². The van der Waals surface area contributed by atoms with Gasteiger partial charge in [0.05, 0.1) is 13.2 Å². The van der Waals surface area contributed by atoms with E-state index >= 15 is 0 Å². The lowest BCUT2D eigenvalue weighted by molar-refractivity contribution is -0.0979. The third-order valence-electron chi connectivity index (χ3n) is 4.47. The van der Waals surface area contributed by atoms with E-state index in [-0.39, 0.29) is 5.41 Å². The van der Waals surface area contributed by atoms with Crippen LogP contribution in [-0.2, 0) is 11.3 Å². The first kappa shape index (κ1) is 14.4. The van der Waals surface area contributed by atoms with Gasteiger partial charge in [-0.05, 0) is 30.5 Å². The summed E-state index contributed by atoms with van der Waals surface area (Å²) in [6.07, 6.45) is 1.47. The van der Waals surface area contributed by atoms with Gasteiger partial charge in [0.1, 0.15) is 5.75 Å². The molecular formula is C16H25NO2. The van der Waals surface area contributed by atoms with Crippen molar-refractivity contribution < 1.29 is 9.47 Å². The Kier molecular flexibility index (Phi) is 4.16. The SMILES string of the molecule is COc1ccc(CNC2CC(OC)C2(C)C)cc1C. The van der Waals surface area contributed by atoms with E-state index in [1.54, 1.807) is 14.2 Å². The van der Waals surface area contributed by atoms with Gasteiger partial charge in [0.2, 0.25) is 0 Å². The van der Waals surface area contributed by atoms with E-state index in [0.29, 0.717) is 12.1 Å². The molecule has 0 radical (unpaired) electrons. The number of aryl methyl sites for hydroxylation is 1. The van der Waals surface area contributed by atoms with E-state index in [4.69, 9.17) is 9.47 Å². The first-order chi connectivity index (χ1) is 8.98. The van der Waals surface area contributed by atoms with Crippen LogP contribution in [0.25, 0.3) is 0 Å². The van der Waals surface area contributed by atoms with Crippen LogP contribution in [0.3, 0.4) is 0 Å². The van der Waals surface area contributed by atoms with Gasteiger partial charge >= 0.3 is 0 Å². The van der Waals surface area contributed by atoms with Crippen molar-refractivity contribution in [1.29, 1.82) is 0 Å². The van der Waals surface area contributed by atoms with Crippen molar-refractivity contribution >= 4 is 0 Å². The summed E-state index contributed by atoms with van der Waals surface area (Å²) < 4.78 is 10.8. The second-order valence-electron chi connectivity index (χ2n) is 6.02. The minimum absolute atomic E-state index is 0.219. The van der Waals surface area contributed by atoms with Crippen molar-refractivity contribution in [3.63, 3.8) is 0 Å². The largest absolute Gasteiger partial charge is 0.496 e. The number of rotatable bonds is 5. The summed E-state index contributed by atoms with van der Waals surface area (Å²) in [4.78, 5) is 0. The fourth-order valence-electron chi connectivity index (χ4n) is 2.92. The molecule has 2 unspecified atom stereocenters. The van der Waals surface area contributed by atoms with Crippen LogP contribution in [0, 0.1) is 12.3 Å². The van der Waals surface area contributed by atoms with Crippen molar-refractivity contribution in [3.05, 3.63) is 29.3 Å². The Labute approximate surface area is 116 Å². The molecule has 0 amide bonds. The maximum atomic E-state index is 5.48. The van der Waals surface area contributed by atoms with Gasteiger partial charge in [-0.15, -0.1) is 0 Å². The molecule has 1 saturated carbocycles. The van der Waals surface area contributed by atoms with Crippen LogP contribution >= 0.6 is 0 Å². The molecule has 1 aliphatic rings. The Morgan fingerprint density at radius 1 is 1.32 bits per heavy atom. The number of nitrogens with one attached hydrogen (secondary N) is 1. The lowest BCUT2D eigenvalue weighted by Gasteiger charge is -2.51. The predicted octanol–water partition coefficient (Wildman–Crippen LogP) is 2.91. The quantitative estimate of drug-likeness (QED) is 0.886. The van der Waals surface area contributed by atoms with Gasteiger partial charge < -0.3 is 14.8 Å². The lowest BCUT2D eigenvalue weighted by Crippen LogP contribution is -2.60. The number of methoxy groups -OCH3 is 2. The summed E-state index contributed by atoms with van der Waals surface area (Å²) in [5, 5.41) is 3.63. The number of ether oxygens (including phenoxy) is 2. The van der Waals surface area contributed by atoms with Crippen LogP contribution in [0.1, 0.15) is 31.4 Å². The van der Waals surface area contributed by atoms with Gasteiger partial charge in [-0.25, -0.2) is 0 Å². The molecular weight excluding hydrogens is 238 g/mol. The van der Waals surface area contributed by atoms with Crippen LogP contribution in [0.15, 0.2) is 18.2 Å². The Balaban J connectivity index is 1.92. The first-order valence-corrected chi connectivity index (χ1v) is 6.88. The Bertz CT molecular complexity index is 442.